The van der Waals surface area contributed by atoms with Gasteiger partial charge < -0.3 is 10.4 Å². The lowest BCUT2D eigenvalue weighted by molar-refractivity contribution is 0.196. The first-order valence-corrected chi connectivity index (χ1v) is 7.83. The zero-order valence-electron chi connectivity index (χ0n) is 12.3. The SMILES string of the molecule is CC(O)C(C)Sc1ccc(Cl)cc1CNC(C)(C)C. The van der Waals surface area contributed by atoms with Crippen LogP contribution in [0, 0.1) is 0 Å². The van der Waals surface area contributed by atoms with Gasteiger partial charge in [0, 0.05) is 27.3 Å². The zero-order chi connectivity index (χ0) is 14.6. The number of hydrogen-bond donors (Lipinski definition) is 2. The molecule has 0 aliphatic carbocycles. The third-order valence-corrected chi connectivity index (χ3v) is 4.48. The fourth-order valence-corrected chi connectivity index (χ4v) is 2.68. The van der Waals surface area contributed by atoms with Crippen molar-refractivity contribution >= 4 is 23.4 Å². The molecule has 0 aliphatic rings. The van der Waals surface area contributed by atoms with Gasteiger partial charge in [-0.05, 0) is 51.5 Å². The van der Waals surface area contributed by atoms with Crippen molar-refractivity contribution in [2.45, 2.75) is 63.0 Å². The van der Waals surface area contributed by atoms with Gasteiger partial charge >= 0.3 is 0 Å². The second-order valence-corrected chi connectivity index (χ2v) is 7.77. The molecule has 2 nitrogen and oxygen atoms in total. The summed E-state index contributed by atoms with van der Waals surface area (Å²) in [4.78, 5) is 1.18. The lowest BCUT2D eigenvalue weighted by Gasteiger charge is -2.23. The number of aliphatic hydroxyl groups is 1. The van der Waals surface area contributed by atoms with E-state index >= 15 is 0 Å². The summed E-state index contributed by atoms with van der Waals surface area (Å²) < 4.78 is 0. The van der Waals surface area contributed by atoms with E-state index in [1.165, 1.54) is 10.5 Å². The summed E-state index contributed by atoms with van der Waals surface area (Å²) in [6, 6.07) is 5.93. The van der Waals surface area contributed by atoms with Gasteiger partial charge in [-0.3, -0.25) is 0 Å². The monoisotopic (exact) mass is 301 g/mol. The van der Waals surface area contributed by atoms with Crippen molar-refractivity contribution in [2.24, 2.45) is 0 Å². The van der Waals surface area contributed by atoms with Crippen molar-refractivity contribution in [2.75, 3.05) is 0 Å². The van der Waals surface area contributed by atoms with Crippen LogP contribution < -0.4 is 5.32 Å². The summed E-state index contributed by atoms with van der Waals surface area (Å²) in [5.74, 6) is 0. The van der Waals surface area contributed by atoms with Crippen LogP contribution in [-0.4, -0.2) is 22.0 Å². The quantitative estimate of drug-likeness (QED) is 0.804. The van der Waals surface area contributed by atoms with E-state index < -0.39 is 0 Å². The van der Waals surface area contributed by atoms with Crippen LogP contribution in [0.4, 0.5) is 0 Å². The molecule has 0 fully saturated rings. The number of rotatable bonds is 5. The first kappa shape index (κ1) is 16.8. The predicted octanol–water partition coefficient (Wildman–Crippen LogP) is 4.09. The van der Waals surface area contributed by atoms with Gasteiger partial charge in [0.15, 0.2) is 0 Å². The largest absolute Gasteiger partial charge is 0.392 e. The number of thioether (sulfide) groups is 1. The van der Waals surface area contributed by atoms with Crippen molar-refractivity contribution < 1.29 is 5.11 Å². The van der Waals surface area contributed by atoms with E-state index in [-0.39, 0.29) is 16.9 Å². The molecule has 2 unspecified atom stereocenters. The molecule has 1 aromatic rings. The van der Waals surface area contributed by atoms with Crippen LogP contribution in [0.5, 0.6) is 0 Å². The molecule has 0 heterocycles. The number of hydrogen-bond acceptors (Lipinski definition) is 3. The lowest BCUT2D eigenvalue weighted by Crippen LogP contribution is -2.35. The number of halogens is 1. The Bertz CT molecular complexity index is 415. The summed E-state index contributed by atoms with van der Waals surface area (Å²) in [6.07, 6.45) is -0.330. The van der Waals surface area contributed by atoms with Crippen LogP contribution in [-0.2, 0) is 6.54 Å². The highest BCUT2D eigenvalue weighted by molar-refractivity contribution is 8.00. The van der Waals surface area contributed by atoms with Crippen LogP contribution in [0.15, 0.2) is 23.1 Å². The van der Waals surface area contributed by atoms with Crippen LogP contribution >= 0.6 is 23.4 Å². The van der Waals surface area contributed by atoms with Crippen molar-refractivity contribution in [3.05, 3.63) is 28.8 Å². The van der Waals surface area contributed by atoms with Gasteiger partial charge in [0.25, 0.3) is 0 Å². The molecule has 0 radical (unpaired) electrons. The number of benzene rings is 1. The van der Waals surface area contributed by atoms with Gasteiger partial charge in [-0.1, -0.05) is 18.5 Å². The normalized spacial score (nSPS) is 15.3. The molecule has 2 atom stereocenters. The van der Waals surface area contributed by atoms with Gasteiger partial charge in [0.05, 0.1) is 6.10 Å². The summed E-state index contributed by atoms with van der Waals surface area (Å²) >= 11 is 7.77. The van der Waals surface area contributed by atoms with E-state index in [2.05, 4.69) is 26.1 Å². The standard InChI is InChI=1S/C15H24ClNOS/c1-10(18)11(2)19-14-7-6-13(16)8-12(14)9-17-15(3,4)5/h6-8,10-11,17-18H,9H2,1-5H3. The maximum absolute atomic E-state index is 9.62. The molecule has 0 aromatic heterocycles. The van der Waals surface area contributed by atoms with E-state index in [0.717, 1.165) is 11.6 Å². The summed E-state index contributed by atoms with van der Waals surface area (Å²) in [7, 11) is 0. The molecule has 19 heavy (non-hydrogen) atoms. The molecule has 2 N–H and O–H groups in total. The lowest BCUT2D eigenvalue weighted by atomic mass is 10.1. The number of aliphatic hydroxyl groups excluding tert-OH is 1. The van der Waals surface area contributed by atoms with Gasteiger partial charge in [0.1, 0.15) is 0 Å². The minimum Gasteiger partial charge on any atom is -0.392 e. The first-order chi connectivity index (χ1) is 8.69. The minimum atomic E-state index is -0.330. The minimum absolute atomic E-state index is 0.0696. The molecule has 0 bridgehead atoms. The fourth-order valence-electron chi connectivity index (χ4n) is 1.46. The van der Waals surface area contributed by atoms with Crippen LogP contribution in [0.2, 0.25) is 5.02 Å². The molecule has 0 saturated carbocycles. The van der Waals surface area contributed by atoms with Gasteiger partial charge in [0.2, 0.25) is 0 Å². The van der Waals surface area contributed by atoms with Crippen molar-refractivity contribution in [1.82, 2.24) is 5.32 Å². The molecule has 4 heteroatoms. The van der Waals surface area contributed by atoms with E-state index in [1.807, 2.05) is 32.0 Å². The highest BCUT2D eigenvalue weighted by atomic mass is 35.5. The molecule has 1 rings (SSSR count). The maximum Gasteiger partial charge on any atom is 0.0631 e. The zero-order valence-corrected chi connectivity index (χ0v) is 13.9. The fraction of sp³-hybridized carbons (Fsp3) is 0.600. The van der Waals surface area contributed by atoms with Crippen molar-refractivity contribution in [1.29, 1.82) is 0 Å². The van der Waals surface area contributed by atoms with E-state index in [9.17, 15) is 5.11 Å². The molecule has 108 valence electrons. The van der Waals surface area contributed by atoms with E-state index in [1.54, 1.807) is 11.8 Å². The van der Waals surface area contributed by atoms with Crippen molar-refractivity contribution in [3.8, 4) is 0 Å². The first-order valence-electron chi connectivity index (χ1n) is 6.57. The second-order valence-electron chi connectivity index (χ2n) is 5.92. The Kier molecular flexibility index (Phi) is 6.18. The average molecular weight is 302 g/mol. The van der Waals surface area contributed by atoms with Crippen LogP contribution in [0.1, 0.15) is 40.2 Å². The Morgan fingerprint density at radius 1 is 1.32 bits per heavy atom. The molecule has 0 saturated heterocycles. The van der Waals surface area contributed by atoms with Crippen molar-refractivity contribution in [3.63, 3.8) is 0 Å². The third-order valence-electron chi connectivity index (χ3n) is 2.82. The molecule has 1 aromatic carbocycles. The molecule has 0 amide bonds. The van der Waals surface area contributed by atoms with Gasteiger partial charge in [-0.2, -0.15) is 0 Å². The van der Waals surface area contributed by atoms with Gasteiger partial charge in [-0.15, -0.1) is 11.8 Å². The summed E-state index contributed by atoms with van der Waals surface area (Å²) in [5, 5.41) is 14.0. The van der Waals surface area contributed by atoms with E-state index in [0.29, 0.717) is 0 Å². The van der Waals surface area contributed by atoms with Crippen LogP contribution in [0.25, 0.3) is 0 Å². The Labute approximate surface area is 125 Å². The Hall–Kier alpha value is -0.220. The highest BCUT2D eigenvalue weighted by Gasteiger charge is 2.15. The molecular formula is C15H24ClNOS. The summed E-state index contributed by atoms with van der Waals surface area (Å²) in [5.41, 5.74) is 1.25. The Morgan fingerprint density at radius 3 is 2.47 bits per heavy atom. The Morgan fingerprint density at radius 2 is 1.95 bits per heavy atom. The summed E-state index contributed by atoms with van der Waals surface area (Å²) in [6.45, 7) is 11.1. The van der Waals surface area contributed by atoms with Gasteiger partial charge in [-0.25, -0.2) is 0 Å². The second kappa shape index (κ2) is 6.98. The molecule has 0 spiro atoms. The average Bonchev–Trinajstić information content (AvgIpc) is 2.28. The third kappa shape index (κ3) is 6.17. The number of nitrogens with one attached hydrogen (secondary N) is 1. The highest BCUT2D eigenvalue weighted by Crippen LogP contribution is 2.30. The topological polar surface area (TPSA) is 32.3 Å². The predicted molar refractivity (Wildman–Crippen MR) is 85.0 cm³/mol. The molecular weight excluding hydrogens is 278 g/mol. The Balaban J connectivity index is 2.85. The smallest absolute Gasteiger partial charge is 0.0631 e. The van der Waals surface area contributed by atoms with Crippen LogP contribution in [0.3, 0.4) is 0 Å². The maximum atomic E-state index is 9.62. The van der Waals surface area contributed by atoms with E-state index in [4.69, 9.17) is 11.6 Å². The molecule has 0 aliphatic heterocycles.